The van der Waals surface area contributed by atoms with Crippen LogP contribution in [-0.4, -0.2) is 54.3 Å². The highest BCUT2D eigenvalue weighted by Gasteiger charge is 2.30. The minimum Gasteiger partial charge on any atom is -0.408 e. The first-order valence-corrected chi connectivity index (χ1v) is 10.9. The molecular formula is C21H21N3O5S. The molecule has 0 atom stereocenters. The van der Waals surface area contributed by atoms with E-state index in [1.165, 1.54) is 27.1 Å². The van der Waals surface area contributed by atoms with Gasteiger partial charge in [0, 0.05) is 45.4 Å². The zero-order valence-electron chi connectivity index (χ0n) is 16.4. The second-order valence-corrected chi connectivity index (χ2v) is 8.97. The number of aryl methyl sites for hydroxylation is 1. The number of aromatic nitrogens is 1. The number of carbonyl (C=O) groups excluding carboxylic acids is 1. The highest BCUT2D eigenvalue weighted by molar-refractivity contribution is 7.89. The van der Waals surface area contributed by atoms with Gasteiger partial charge in [-0.1, -0.05) is 30.3 Å². The predicted molar refractivity (Wildman–Crippen MR) is 112 cm³/mol. The van der Waals surface area contributed by atoms with E-state index in [4.69, 9.17) is 4.42 Å². The van der Waals surface area contributed by atoms with Crippen LogP contribution in [0.3, 0.4) is 0 Å². The smallest absolute Gasteiger partial charge is 0.408 e. The number of piperazine rings is 1. The summed E-state index contributed by atoms with van der Waals surface area (Å²) in [6.07, 6.45) is 3.25. The molecule has 0 aliphatic carbocycles. The molecule has 4 rings (SSSR count). The number of hydrogen-bond donors (Lipinski definition) is 0. The van der Waals surface area contributed by atoms with E-state index >= 15 is 0 Å². The first-order valence-electron chi connectivity index (χ1n) is 9.48. The van der Waals surface area contributed by atoms with Gasteiger partial charge in [-0.15, -0.1) is 0 Å². The van der Waals surface area contributed by atoms with Crippen LogP contribution in [0.15, 0.2) is 68.7 Å². The molecule has 156 valence electrons. The Morgan fingerprint density at radius 2 is 1.73 bits per heavy atom. The quantitative estimate of drug-likeness (QED) is 0.591. The fourth-order valence-corrected chi connectivity index (χ4v) is 4.85. The molecule has 1 aromatic heterocycles. The molecular weight excluding hydrogens is 406 g/mol. The standard InChI is InChI=1S/C21H21N3O5S/c1-22-18-9-8-17(15-19(18)29-21(22)26)30(27,28)24-13-11-23(12-14-24)20(25)10-7-16-5-3-2-4-6-16/h2-10,15H,11-14H2,1H3/b10-7+. The van der Waals surface area contributed by atoms with E-state index in [1.54, 1.807) is 24.1 Å². The van der Waals surface area contributed by atoms with Crippen LogP contribution < -0.4 is 5.76 Å². The third-order valence-electron chi connectivity index (χ3n) is 5.17. The maximum absolute atomic E-state index is 13.0. The van der Waals surface area contributed by atoms with Gasteiger partial charge in [-0.05, 0) is 23.8 Å². The van der Waals surface area contributed by atoms with Crippen molar-refractivity contribution in [2.24, 2.45) is 7.05 Å². The molecule has 0 N–H and O–H groups in total. The Hall–Kier alpha value is -3.17. The first-order chi connectivity index (χ1) is 14.4. The van der Waals surface area contributed by atoms with Crippen LogP contribution in [-0.2, 0) is 21.9 Å². The maximum Gasteiger partial charge on any atom is 0.419 e. The van der Waals surface area contributed by atoms with E-state index in [0.717, 1.165) is 5.56 Å². The number of sulfonamides is 1. The van der Waals surface area contributed by atoms with Crippen LogP contribution in [0.2, 0.25) is 0 Å². The molecule has 0 bridgehead atoms. The zero-order chi connectivity index (χ0) is 21.3. The summed E-state index contributed by atoms with van der Waals surface area (Å²) in [6.45, 7) is 1.01. The van der Waals surface area contributed by atoms with Gasteiger partial charge in [0.25, 0.3) is 0 Å². The van der Waals surface area contributed by atoms with Crippen molar-refractivity contribution in [2.75, 3.05) is 26.2 Å². The zero-order valence-corrected chi connectivity index (χ0v) is 17.2. The Morgan fingerprint density at radius 3 is 2.43 bits per heavy atom. The minimum absolute atomic E-state index is 0.0631. The number of benzene rings is 2. The van der Waals surface area contributed by atoms with Crippen molar-refractivity contribution in [3.05, 3.63) is 70.7 Å². The molecule has 8 nitrogen and oxygen atoms in total. The van der Waals surface area contributed by atoms with Gasteiger partial charge in [0.1, 0.15) is 0 Å². The lowest BCUT2D eigenvalue weighted by Crippen LogP contribution is -2.50. The van der Waals surface area contributed by atoms with Gasteiger partial charge in [-0.2, -0.15) is 4.31 Å². The molecule has 9 heteroatoms. The third-order valence-corrected chi connectivity index (χ3v) is 7.06. The number of rotatable bonds is 4. The van der Waals surface area contributed by atoms with Crippen LogP contribution in [0.25, 0.3) is 17.2 Å². The molecule has 2 heterocycles. The molecule has 0 unspecified atom stereocenters. The van der Waals surface area contributed by atoms with Crippen LogP contribution in [0, 0.1) is 0 Å². The summed E-state index contributed by atoms with van der Waals surface area (Å²) >= 11 is 0. The largest absolute Gasteiger partial charge is 0.419 e. The normalized spacial score (nSPS) is 15.8. The Balaban J connectivity index is 1.44. The second kappa shape index (κ2) is 7.92. The fraction of sp³-hybridized carbons (Fsp3) is 0.238. The topological polar surface area (TPSA) is 92.8 Å². The van der Waals surface area contributed by atoms with Gasteiger partial charge in [-0.3, -0.25) is 9.36 Å². The molecule has 1 fully saturated rings. The van der Waals surface area contributed by atoms with Gasteiger partial charge < -0.3 is 9.32 Å². The predicted octanol–water partition coefficient (Wildman–Crippen LogP) is 1.68. The average molecular weight is 427 g/mol. The number of amides is 1. The molecule has 0 saturated carbocycles. The summed E-state index contributed by atoms with van der Waals surface area (Å²) in [5.74, 6) is -0.696. The monoisotopic (exact) mass is 427 g/mol. The average Bonchev–Trinajstić information content (AvgIpc) is 3.06. The molecule has 1 amide bonds. The lowest BCUT2D eigenvalue weighted by atomic mass is 10.2. The van der Waals surface area contributed by atoms with Crippen LogP contribution in [0.4, 0.5) is 0 Å². The molecule has 3 aromatic rings. The fourth-order valence-electron chi connectivity index (χ4n) is 3.41. The molecule has 1 saturated heterocycles. The Kier molecular flexibility index (Phi) is 5.31. The highest BCUT2D eigenvalue weighted by atomic mass is 32.2. The van der Waals surface area contributed by atoms with Gasteiger partial charge in [0.15, 0.2) is 5.58 Å². The molecule has 0 radical (unpaired) electrons. The Morgan fingerprint density at radius 1 is 1.03 bits per heavy atom. The number of carbonyl (C=O) groups is 1. The molecule has 30 heavy (non-hydrogen) atoms. The number of hydrogen-bond acceptors (Lipinski definition) is 5. The summed E-state index contributed by atoms with van der Waals surface area (Å²) < 4.78 is 33.7. The van der Waals surface area contributed by atoms with Crippen molar-refractivity contribution in [1.29, 1.82) is 0 Å². The van der Waals surface area contributed by atoms with Crippen molar-refractivity contribution in [1.82, 2.24) is 13.8 Å². The van der Waals surface area contributed by atoms with Gasteiger partial charge in [0.2, 0.25) is 15.9 Å². The van der Waals surface area contributed by atoms with Crippen LogP contribution >= 0.6 is 0 Å². The summed E-state index contributed by atoms with van der Waals surface area (Å²) in [6, 6.07) is 13.9. The lowest BCUT2D eigenvalue weighted by Gasteiger charge is -2.33. The third kappa shape index (κ3) is 3.81. The highest BCUT2D eigenvalue weighted by Crippen LogP contribution is 2.22. The van der Waals surface area contributed by atoms with Crippen LogP contribution in [0.5, 0.6) is 0 Å². The van der Waals surface area contributed by atoms with Crippen molar-refractivity contribution in [3.8, 4) is 0 Å². The summed E-state index contributed by atoms with van der Waals surface area (Å²) in [7, 11) is -2.20. The SMILES string of the molecule is Cn1c(=O)oc2cc(S(=O)(=O)N3CCN(C(=O)/C=C/c4ccccc4)CC3)ccc21. The molecule has 1 aliphatic rings. The van der Waals surface area contributed by atoms with Gasteiger partial charge in [0.05, 0.1) is 10.4 Å². The van der Waals surface area contributed by atoms with Crippen molar-refractivity contribution >= 4 is 33.1 Å². The summed E-state index contributed by atoms with van der Waals surface area (Å²) in [4.78, 5) is 25.7. The van der Waals surface area contributed by atoms with E-state index in [0.29, 0.717) is 18.6 Å². The second-order valence-electron chi connectivity index (χ2n) is 7.03. The van der Waals surface area contributed by atoms with Crippen LogP contribution in [0.1, 0.15) is 5.56 Å². The number of fused-ring (bicyclic) bond motifs is 1. The van der Waals surface area contributed by atoms with E-state index in [2.05, 4.69) is 0 Å². The molecule has 2 aromatic carbocycles. The summed E-state index contributed by atoms with van der Waals surface area (Å²) in [5, 5.41) is 0. The van der Waals surface area contributed by atoms with E-state index in [1.807, 2.05) is 30.3 Å². The van der Waals surface area contributed by atoms with E-state index in [9.17, 15) is 18.0 Å². The van der Waals surface area contributed by atoms with Crippen molar-refractivity contribution in [3.63, 3.8) is 0 Å². The first kappa shape index (κ1) is 20.1. The van der Waals surface area contributed by atoms with E-state index < -0.39 is 15.8 Å². The van der Waals surface area contributed by atoms with E-state index in [-0.39, 0.29) is 29.5 Å². The molecule has 0 spiro atoms. The maximum atomic E-state index is 13.0. The Labute approximate surface area is 173 Å². The number of nitrogens with zero attached hydrogens (tertiary/aromatic N) is 3. The van der Waals surface area contributed by atoms with Gasteiger partial charge in [-0.25, -0.2) is 13.2 Å². The van der Waals surface area contributed by atoms with Gasteiger partial charge >= 0.3 is 5.76 Å². The summed E-state index contributed by atoms with van der Waals surface area (Å²) in [5.41, 5.74) is 1.68. The lowest BCUT2D eigenvalue weighted by molar-refractivity contribution is -0.127. The minimum atomic E-state index is -3.76. The van der Waals surface area contributed by atoms with Crippen molar-refractivity contribution in [2.45, 2.75) is 4.90 Å². The molecule has 1 aliphatic heterocycles. The number of oxazole rings is 1. The van der Waals surface area contributed by atoms with Crippen molar-refractivity contribution < 1.29 is 17.6 Å². The Bertz CT molecular complexity index is 1270.